The van der Waals surface area contributed by atoms with Crippen molar-refractivity contribution in [1.82, 2.24) is 14.6 Å². The number of fused-ring (bicyclic) bond motifs is 1. The van der Waals surface area contributed by atoms with E-state index >= 15 is 0 Å². The van der Waals surface area contributed by atoms with Crippen LogP contribution in [0.25, 0.3) is 4.96 Å². The lowest BCUT2D eigenvalue weighted by atomic mass is 9.95. The number of esters is 1. The highest BCUT2D eigenvalue weighted by Crippen LogP contribution is 2.22. The molecule has 0 saturated heterocycles. The fourth-order valence-corrected chi connectivity index (χ4v) is 4.19. The normalized spacial score (nSPS) is 11.8. The highest BCUT2D eigenvalue weighted by Gasteiger charge is 2.19. The van der Waals surface area contributed by atoms with Gasteiger partial charge in [0.05, 0.1) is 17.2 Å². The van der Waals surface area contributed by atoms with E-state index in [1.54, 1.807) is 31.2 Å². The molecule has 2 aromatic heterocycles. The van der Waals surface area contributed by atoms with Crippen LogP contribution in [-0.4, -0.2) is 26.5 Å². The Bertz CT molecular complexity index is 1350. The molecule has 0 aliphatic carbocycles. The number of hydrogen-bond acceptors (Lipinski definition) is 7. The van der Waals surface area contributed by atoms with Crippen LogP contribution in [-0.2, 0) is 16.1 Å². The lowest BCUT2D eigenvalue weighted by Crippen LogP contribution is -2.20. The molecule has 0 aliphatic heterocycles. The van der Waals surface area contributed by atoms with Gasteiger partial charge in [0.1, 0.15) is 11.6 Å². The van der Waals surface area contributed by atoms with E-state index < -0.39 is 5.97 Å². The number of ether oxygens (including phenoxy) is 1. The summed E-state index contributed by atoms with van der Waals surface area (Å²) in [6, 6.07) is 17.4. The molecule has 0 fully saturated rings. The van der Waals surface area contributed by atoms with Crippen molar-refractivity contribution in [3.8, 4) is 0 Å². The van der Waals surface area contributed by atoms with E-state index in [9.17, 15) is 14.4 Å². The number of benzene rings is 2. The van der Waals surface area contributed by atoms with E-state index in [1.165, 1.54) is 21.9 Å². The van der Waals surface area contributed by atoms with Gasteiger partial charge in [-0.15, -0.1) is 0 Å². The van der Waals surface area contributed by atoms with Crippen LogP contribution >= 0.6 is 11.3 Å². The maximum Gasteiger partial charge on any atom is 0.338 e. The van der Waals surface area contributed by atoms with Crippen molar-refractivity contribution < 1.29 is 14.3 Å². The lowest BCUT2D eigenvalue weighted by molar-refractivity contribution is -0.117. The first-order valence-corrected chi connectivity index (χ1v) is 11.3. The lowest BCUT2D eigenvalue weighted by Gasteiger charge is -2.15. The quantitative estimate of drug-likeness (QED) is 0.417. The third-order valence-corrected chi connectivity index (χ3v) is 5.89. The average Bonchev–Trinajstić information content (AvgIpc) is 3.20. The molecule has 8 nitrogen and oxygen atoms in total. The highest BCUT2D eigenvalue weighted by atomic mass is 32.1. The van der Waals surface area contributed by atoms with Gasteiger partial charge in [0.25, 0.3) is 5.56 Å². The molecule has 1 atom stereocenters. The van der Waals surface area contributed by atoms with E-state index in [4.69, 9.17) is 4.74 Å². The molecule has 2 heterocycles. The Morgan fingerprint density at radius 3 is 2.55 bits per heavy atom. The summed E-state index contributed by atoms with van der Waals surface area (Å²) in [5.41, 5.74) is 1.91. The van der Waals surface area contributed by atoms with Gasteiger partial charge in [-0.3, -0.25) is 9.59 Å². The standard InChI is InChI=1S/C24H22N4O4S/c1-3-20(16-7-5-4-6-8-16)22(30)25-18-11-9-17(10-12-18)23(31)32-14-19-13-21(29)28-24(26-19)33-15(2)27-28/h4-13,20H,3,14H2,1-2H3,(H,25,30)/t20-/m1/s1. The smallest absolute Gasteiger partial charge is 0.338 e. The van der Waals surface area contributed by atoms with Crippen molar-refractivity contribution in [2.24, 2.45) is 0 Å². The molecule has 1 N–H and O–H groups in total. The Labute approximate surface area is 193 Å². The summed E-state index contributed by atoms with van der Waals surface area (Å²) in [6.07, 6.45) is 0.671. The molecule has 9 heteroatoms. The first kappa shape index (κ1) is 22.3. The number of hydrogen-bond donors (Lipinski definition) is 1. The Kier molecular flexibility index (Phi) is 6.60. The van der Waals surface area contributed by atoms with E-state index in [2.05, 4.69) is 15.4 Å². The predicted octanol–water partition coefficient (Wildman–Crippen LogP) is 3.95. The van der Waals surface area contributed by atoms with Crippen LogP contribution in [0.2, 0.25) is 0 Å². The Morgan fingerprint density at radius 2 is 1.85 bits per heavy atom. The minimum Gasteiger partial charge on any atom is -0.456 e. The van der Waals surface area contributed by atoms with Crippen LogP contribution < -0.4 is 10.9 Å². The maximum absolute atomic E-state index is 12.7. The number of rotatable bonds is 7. The molecule has 2 aromatic carbocycles. The number of nitrogens with zero attached hydrogens (tertiary/aromatic N) is 3. The van der Waals surface area contributed by atoms with Gasteiger partial charge >= 0.3 is 5.97 Å². The number of carbonyl (C=O) groups is 2. The van der Waals surface area contributed by atoms with E-state index in [0.29, 0.717) is 28.3 Å². The summed E-state index contributed by atoms with van der Waals surface area (Å²) in [6.45, 7) is 3.62. The molecule has 0 radical (unpaired) electrons. The maximum atomic E-state index is 12.7. The molecule has 0 spiro atoms. The summed E-state index contributed by atoms with van der Waals surface area (Å²) in [7, 11) is 0. The van der Waals surface area contributed by atoms with Crippen LogP contribution in [0.15, 0.2) is 65.5 Å². The van der Waals surface area contributed by atoms with Crippen molar-refractivity contribution in [3.63, 3.8) is 0 Å². The predicted molar refractivity (Wildman–Crippen MR) is 126 cm³/mol. The van der Waals surface area contributed by atoms with Gasteiger partial charge in [-0.05, 0) is 43.2 Å². The molecule has 0 saturated carbocycles. The second kappa shape index (κ2) is 9.74. The van der Waals surface area contributed by atoms with Crippen molar-refractivity contribution in [2.45, 2.75) is 32.8 Å². The SMILES string of the molecule is CC[C@@H](C(=O)Nc1ccc(C(=O)OCc2cc(=O)n3nc(C)sc3n2)cc1)c1ccccc1. The minimum atomic E-state index is -0.550. The first-order valence-electron chi connectivity index (χ1n) is 10.4. The zero-order chi connectivity index (χ0) is 23.4. The number of amides is 1. The monoisotopic (exact) mass is 462 g/mol. The summed E-state index contributed by atoms with van der Waals surface area (Å²) >= 11 is 1.29. The molecular weight excluding hydrogens is 440 g/mol. The zero-order valence-corrected chi connectivity index (χ0v) is 19.0. The van der Waals surface area contributed by atoms with Crippen LogP contribution in [0.1, 0.15) is 45.9 Å². The topological polar surface area (TPSA) is 103 Å². The largest absolute Gasteiger partial charge is 0.456 e. The molecule has 0 unspecified atom stereocenters. The molecular formula is C24H22N4O4S. The number of carbonyl (C=O) groups excluding carboxylic acids is 2. The van der Waals surface area contributed by atoms with Gasteiger partial charge in [-0.25, -0.2) is 9.78 Å². The van der Waals surface area contributed by atoms with Gasteiger partial charge in [0.2, 0.25) is 10.9 Å². The van der Waals surface area contributed by atoms with Crippen molar-refractivity contribution >= 4 is 33.9 Å². The first-order chi connectivity index (χ1) is 15.9. The third kappa shape index (κ3) is 5.15. The van der Waals surface area contributed by atoms with Crippen LogP contribution in [0.5, 0.6) is 0 Å². The van der Waals surface area contributed by atoms with E-state index in [-0.39, 0.29) is 24.0 Å². The Hall–Kier alpha value is -3.85. The van der Waals surface area contributed by atoms with Gasteiger partial charge in [0.15, 0.2) is 0 Å². The summed E-state index contributed by atoms with van der Waals surface area (Å²) in [4.78, 5) is 42.0. The second-order valence-corrected chi connectivity index (χ2v) is 8.58. The second-order valence-electron chi connectivity index (χ2n) is 7.42. The number of nitrogens with one attached hydrogen (secondary N) is 1. The van der Waals surface area contributed by atoms with Gasteiger partial charge in [0, 0.05) is 11.8 Å². The number of anilines is 1. The zero-order valence-electron chi connectivity index (χ0n) is 18.1. The third-order valence-electron chi connectivity index (χ3n) is 5.07. The van der Waals surface area contributed by atoms with E-state index in [0.717, 1.165) is 10.6 Å². The molecule has 0 bridgehead atoms. The van der Waals surface area contributed by atoms with Crippen LogP contribution in [0.3, 0.4) is 0 Å². The van der Waals surface area contributed by atoms with Crippen molar-refractivity contribution in [2.75, 3.05) is 5.32 Å². The fraction of sp³-hybridized carbons (Fsp3) is 0.208. The minimum absolute atomic E-state index is 0.106. The molecule has 4 rings (SSSR count). The van der Waals surface area contributed by atoms with Gasteiger partial charge in [-0.2, -0.15) is 9.61 Å². The summed E-state index contributed by atoms with van der Waals surface area (Å²) in [5.74, 6) is -0.914. The highest BCUT2D eigenvalue weighted by molar-refractivity contribution is 7.16. The number of aryl methyl sites for hydroxylation is 1. The summed E-state index contributed by atoms with van der Waals surface area (Å²) in [5, 5.41) is 7.70. The van der Waals surface area contributed by atoms with Crippen molar-refractivity contribution in [1.29, 1.82) is 0 Å². The Morgan fingerprint density at radius 1 is 1.12 bits per heavy atom. The number of aromatic nitrogens is 3. The van der Waals surface area contributed by atoms with Crippen molar-refractivity contribution in [3.05, 3.63) is 92.8 Å². The molecule has 33 heavy (non-hydrogen) atoms. The van der Waals surface area contributed by atoms with Crippen LogP contribution in [0.4, 0.5) is 5.69 Å². The molecule has 0 aliphatic rings. The van der Waals surface area contributed by atoms with Gasteiger partial charge in [-0.1, -0.05) is 48.6 Å². The van der Waals surface area contributed by atoms with Crippen LogP contribution in [0, 0.1) is 6.92 Å². The molecule has 1 amide bonds. The average molecular weight is 463 g/mol. The summed E-state index contributed by atoms with van der Waals surface area (Å²) < 4.78 is 6.53. The van der Waals surface area contributed by atoms with E-state index in [1.807, 2.05) is 37.3 Å². The Balaban J connectivity index is 1.38. The fourth-order valence-electron chi connectivity index (χ4n) is 3.43. The molecule has 168 valence electrons. The molecule has 4 aromatic rings. The van der Waals surface area contributed by atoms with Gasteiger partial charge < -0.3 is 10.1 Å².